The summed E-state index contributed by atoms with van der Waals surface area (Å²) in [5.41, 5.74) is 1.07. The maximum absolute atomic E-state index is 5.44. The number of hydrogen-bond donors (Lipinski definition) is 1. The van der Waals surface area contributed by atoms with Gasteiger partial charge in [0.1, 0.15) is 0 Å². The first-order chi connectivity index (χ1) is 9.13. The number of methoxy groups -OCH3 is 3. The third kappa shape index (κ3) is 5.10. The van der Waals surface area contributed by atoms with Crippen LogP contribution in [0.1, 0.15) is 25.8 Å². The van der Waals surface area contributed by atoms with E-state index in [4.69, 9.17) is 14.2 Å². The van der Waals surface area contributed by atoms with Crippen LogP contribution in [-0.4, -0.2) is 27.9 Å². The van der Waals surface area contributed by atoms with E-state index in [1.165, 1.54) is 0 Å². The van der Waals surface area contributed by atoms with Crippen LogP contribution in [0.5, 0.6) is 17.2 Å². The predicted octanol–water partition coefficient (Wildman–Crippen LogP) is 3.27. The van der Waals surface area contributed by atoms with Crippen LogP contribution in [0.4, 0.5) is 0 Å². The van der Waals surface area contributed by atoms with Crippen molar-refractivity contribution in [2.45, 2.75) is 26.8 Å². The van der Waals surface area contributed by atoms with E-state index in [0.717, 1.165) is 30.8 Å². The molecule has 0 fully saturated rings. The average Bonchev–Trinajstić information content (AvgIpc) is 2.42. The molecule has 0 amide bonds. The molecule has 1 N–H and O–H groups in total. The van der Waals surface area contributed by atoms with Gasteiger partial charge in [-0.2, -0.15) is 0 Å². The van der Waals surface area contributed by atoms with Crippen molar-refractivity contribution in [2.75, 3.05) is 27.9 Å². The maximum atomic E-state index is 5.44. The predicted molar refractivity (Wildman–Crippen MR) is 84.5 cm³/mol. The van der Waals surface area contributed by atoms with E-state index in [-0.39, 0.29) is 12.4 Å². The van der Waals surface area contributed by atoms with E-state index in [2.05, 4.69) is 19.2 Å². The minimum Gasteiger partial charge on any atom is -0.493 e. The van der Waals surface area contributed by atoms with Crippen molar-refractivity contribution in [3.05, 3.63) is 17.7 Å². The van der Waals surface area contributed by atoms with Gasteiger partial charge in [-0.25, -0.2) is 0 Å². The van der Waals surface area contributed by atoms with Crippen molar-refractivity contribution in [1.29, 1.82) is 0 Å². The van der Waals surface area contributed by atoms with Gasteiger partial charge < -0.3 is 19.5 Å². The summed E-state index contributed by atoms with van der Waals surface area (Å²) in [5.74, 6) is 2.78. The van der Waals surface area contributed by atoms with Gasteiger partial charge in [-0.05, 0) is 24.9 Å². The molecule has 0 aromatic heterocycles. The zero-order valence-electron chi connectivity index (χ0n) is 13.0. The van der Waals surface area contributed by atoms with E-state index < -0.39 is 0 Å². The molecule has 1 aromatic rings. The molecule has 1 rings (SSSR count). The lowest BCUT2D eigenvalue weighted by Gasteiger charge is -2.16. The Labute approximate surface area is 128 Å². The summed E-state index contributed by atoms with van der Waals surface area (Å²) in [7, 11) is 4.89. The van der Waals surface area contributed by atoms with Crippen LogP contribution < -0.4 is 19.5 Å². The molecular weight excluding hydrogens is 278 g/mol. The third-order valence-electron chi connectivity index (χ3n) is 3.00. The van der Waals surface area contributed by atoms with Gasteiger partial charge in [0.25, 0.3) is 0 Å². The number of hydrogen-bond acceptors (Lipinski definition) is 4. The van der Waals surface area contributed by atoms with Crippen molar-refractivity contribution in [1.82, 2.24) is 5.32 Å². The molecule has 0 heterocycles. The highest BCUT2D eigenvalue weighted by Gasteiger charge is 2.15. The molecule has 0 radical (unpaired) electrons. The summed E-state index contributed by atoms with van der Waals surface area (Å²) in [6, 6.07) is 3.91. The van der Waals surface area contributed by atoms with E-state index in [1.54, 1.807) is 21.3 Å². The summed E-state index contributed by atoms with van der Waals surface area (Å²) >= 11 is 0. The highest BCUT2D eigenvalue weighted by Crippen LogP contribution is 2.39. The first-order valence-corrected chi connectivity index (χ1v) is 6.62. The van der Waals surface area contributed by atoms with Gasteiger partial charge in [0.05, 0.1) is 21.3 Å². The Kier molecular flexibility index (Phi) is 9.17. The van der Waals surface area contributed by atoms with Crippen LogP contribution in [-0.2, 0) is 6.54 Å². The van der Waals surface area contributed by atoms with Crippen molar-refractivity contribution in [3.8, 4) is 17.2 Å². The minimum atomic E-state index is 0. The zero-order valence-corrected chi connectivity index (χ0v) is 13.8. The SMILES string of the molecule is COc1ccc(CNCCC(C)C)c(OC)c1OC.Cl. The topological polar surface area (TPSA) is 39.7 Å². The van der Waals surface area contributed by atoms with Crippen LogP contribution in [0.25, 0.3) is 0 Å². The molecule has 0 aliphatic heterocycles. The fourth-order valence-electron chi connectivity index (χ4n) is 1.92. The Bertz CT molecular complexity index is 397. The number of rotatable bonds is 8. The first-order valence-electron chi connectivity index (χ1n) is 6.62. The van der Waals surface area contributed by atoms with Gasteiger partial charge in [-0.3, -0.25) is 0 Å². The van der Waals surface area contributed by atoms with Gasteiger partial charge in [0.15, 0.2) is 11.5 Å². The van der Waals surface area contributed by atoms with Crippen molar-refractivity contribution >= 4 is 12.4 Å². The zero-order chi connectivity index (χ0) is 14.3. The van der Waals surface area contributed by atoms with Crippen molar-refractivity contribution in [3.63, 3.8) is 0 Å². The van der Waals surface area contributed by atoms with E-state index in [1.807, 2.05) is 12.1 Å². The Morgan fingerprint density at radius 1 is 1.00 bits per heavy atom. The smallest absolute Gasteiger partial charge is 0.203 e. The maximum Gasteiger partial charge on any atom is 0.203 e. The average molecular weight is 304 g/mol. The van der Waals surface area contributed by atoms with Gasteiger partial charge in [-0.15, -0.1) is 12.4 Å². The Hall–Kier alpha value is -1.13. The van der Waals surface area contributed by atoms with Gasteiger partial charge in [-0.1, -0.05) is 19.9 Å². The molecule has 0 atom stereocenters. The molecule has 0 aliphatic carbocycles. The van der Waals surface area contributed by atoms with Crippen molar-refractivity contribution in [2.24, 2.45) is 5.92 Å². The van der Waals surface area contributed by atoms with Crippen LogP contribution in [0.3, 0.4) is 0 Å². The van der Waals surface area contributed by atoms with Gasteiger partial charge in [0, 0.05) is 12.1 Å². The molecule has 4 nitrogen and oxygen atoms in total. The van der Waals surface area contributed by atoms with Crippen LogP contribution in [0.15, 0.2) is 12.1 Å². The quantitative estimate of drug-likeness (QED) is 0.748. The molecule has 0 saturated heterocycles. The van der Waals surface area contributed by atoms with Gasteiger partial charge in [0.2, 0.25) is 5.75 Å². The summed E-state index contributed by atoms with van der Waals surface area (Å²) in [6.07, 6.45) is 1.16. The summed E-state index contributed by atoms with van der Waals surface area (Å²) in [5, 5.41) is 3.42. The number of benzene rings is 1. The fourth-order valence-corrected chi connectivity index (χ4v) is 1.92. The third-order valence-corrected chi connectivity index (χ3v) is 3.00. The van der Waals surface area contributed by atoms with Crippen LogP contribution in [0.2, 0.25) is 0 Å². The molecule has 0 aliphatic rings. The lowest BCUT2D eigenvalue weighted by molar-refractivity contribution is 0.321. The summed E-state index contributed by atoms with van der Waals surface area (Å²) in [4.78, 5) is 0. The number of nitrogens with one attached hydrogen (secondary N) is 1. The second-order valence-electron chi connectivity index (χ2n) is 4.85. The molecular formula is C15H26ClNO3. The summed E-state index contributed by atoms with van der Waals surface area (Å²) in [6.45, 7) is 6.20. The van der Waals surface area contributed by atoms with Crippen LogP contribution >= 0.6 is 12.4 Å². The second kappa shape index (κ2) is 9.72. The molecule has 1 aromatic carbocycles. The monoisotopic (exact) mass is 303 g/mol. The fraction of sp³-hybridized carbons (Fsp3) is 0.600. The first kappa shape index (κ1) is 18.9. The minimum absolute atomic E-state index is 0. The molecule has 5 heteroatoms. The molecule has 20 heavy (non-hydrogen) atoms. The standard InChI is InChI=1S/C15H25NO3.ClH/c1-11(2)8-9-16-10-12-6-7-13(17-3)15(19-5)14(12)18-4;/h6-7,11,16H,8-10H2,1-5H3;1H. The highest BCUT2D eigenvalue weighted by atomic mass is 35.5. The molecule has 116 valence electrons. The molecule has 0 unspecified atom stereocenters. The van der Waals surface area contributed by atoms with Gasteiger partial charge >= 0.3 is 0 Å². The van der Waals surface area contributed by atoms with E-state index in [9.17, 15) is 0 Å². The lowest BCUT2D eigenvalue weighted by Crippen LogP contribution is -2.17. The molecule has 0 saturated carbocycles. The second-order valence-corrected chi connectivity index (χ2v) is 4.85. The number of halogens is 1. The Balaban J connectivity index is 0.00000361. The highest BCUT2D eigenvalue weighted by molar-refractivity contribution is 5.85. The Morgan fingerprint density at radius 3 is 2.15 bits per heavy atom. The largest absolute Gasteiger partial charge is 0.493 e. The summed E-state index contributed by atoms with van der Waals surface area (Å²) < 4.78 is 16.1. The van der Waals surface area contributed by atoms with Crippen LogP contribution in [0, 0.1) is 5.92 Å². The Morgan fingerprint density at radius 2 is 1.65 bits per heavy atom. The van der Waals surface area contributed by atoms with E-state index >= 15 is 0 Å². The molecule has 0 spiro atoms. The van der Waals surface area contributed by atoms with E-state index in [0.29, 0.717) is 17.4 Å². The lowest BCUT2D eigenvalue weighted by atomic mass is 10.1. The van der Waals surface area contributed by atoms with Crippen molar-refractivity contribution < 1.29 is 14.2 Å². The molecule has 0 bridgehead atoms. The normalized spacial score (nSPS) is 10.1. The number of ether oxygens (including phenoxy) is 3.